The van der Waals surface area contributed by atoms with Crippen LogP contribution in [0.25, 0.3) is 0 Å². The van der Waals surface area contributed by atoms with Crippen molar-refractivity contribution in [3.63, 3.8) is 0 Å². The van der Waals surface area contributed by atoms with Gasteiger partial charge in [0.05, 0.1) is 11.7 Å². The number of rotatable bonds is 7. The largest absolute Gasteiger partial charge is 0.487 e. The van der Waals surface area contributed by atoms with Crippen molar-refractivity contribution >= 4 is 17.6 Å². The minimum Gasteiger partial charge on any atom is -0.487 e. The van der Waals surface area contributed by atoms with Gasteiger partial charge in [0.25, 0.3) is 0 Å². The van der Waals surface area contributed by atoms with Crippen LogP contribution in [0.1, 0.15) is 18.4 Å². The van der Waals surface area contributed by atoms with E-state index >= 15 is 0 Å². The Labute approximate surface area is 175 Å². The molecule has 10 heteroatoms. The number of ether oxygens (including phenoxy) is 4. The summed E-state index contributed by atoms with van der Waals surface area (Å²) in [5, 5.41) is -0.364. The molecule has 2 aromatic rings. The summed E-state index contributed by atoms with van der Waals surface area (Å²) < 4.78 is 60.4. The number of esters is 1. The molecule has 30 heavy (non-hydrogen) atoms. The van der Waals surface area contributed by atoms with Gasteiger partial charge in [-0.15, -0.1) is 0 Å². The summed E-state index contributed by atoms with van der Waals surface area (Å²) in [7, 11) is 0. The molecule has 0 bridgehead atoms. The zero-order valence-electron chi connectivity index (χ0n) is 15.6. The van der Waals surface area contributed by atoms with E-state index in [2.05, 4.69) is 11.6 Å². The van der Waals surface area contributed by atoms with Crippen LogP contribution >= 0.6 is 11.6 Å². The quantitative estimate of drug-likeness (QED) is 0.333. The van der Waals surface area contributed by atoms with Crippen LogP contribution in [0.5, 0.6) is 23.1 Å². The summed E-state index contributed by atoms with van der Waals surface area (Å²) in [5.74, 6) is -1.00. The molecule has 1 aliphatic heterocycles. The molecule has 0 saturated carbocycles. The van der Waals surface area contributed by atoms with Gasteiger partial charge in [-0.05, 0) is 31.0 Å². The van der Waals surface area contributed by atoms with Crippen LogP contribution in [0.2, 0.25) is 5.02 Å². The first-order valence-corrected chi connectivity index (χ1v) is 9.28. The van der Waals surface area contributed by atoms with E-state index in [-0.39, 0.29) is 40.9 Å². The van der Waals surface area contributed by atoms with Gasteiger partial charge in [-0.1, -0.05) is 24.2 Å². The molecule has 160 valence electrons. The van der Waals surface area contributed by atoms with Gasteiger partial charge in [-0.25, -0.2) is 9.78 Å². The smallest absolute Gasteiger partial charge is 0.417 e. The third-order valence-electron chi connectivity index (χ3n) is 4.10. The van der Waals surface area contributed by atoms with Gasteiger partial charge in [0, 0.05) is 18.9 Å². The number of hydrogen-bond acceptors (Lipinski definition) is 6. The second-order valence-corrected chi connectivity index (χ2v) is 6.67. The van der Waals surface area contributed by atoms with Crippen LogP contribution in [0, 0.1) is 0 Å². The summed E-state index contributed by atoms with van der Waals surface area (Å²) in [6.45, 7) is 4.21. The predicted octanol–water partition coefficient (Wildman–Crippen LogP) is 5.20. The molecule has 1 fully saturated rings. The third kappa shape index (κ3) is 5.43. The van der Waals surface area contributed by atoms with E-state index in [1.54, 1.807) is 12.1 Å². The van der Waals surface area contributed by atoms with Crippen molar-refractivity contribution < 1.29 is 36.9 Å². The van der Waals surface area contributed by atoms with Crippen molar-refractivity contribution in [3.05, 3.63) is 53.7 Å². The van der Waals surface area contributed by atoms with E-state index in [0.29, 0.717) is 18.9 Å². The number of pyridine rings is 1. The molecule has 1 saturated heterocycles. The fraction of sp³-hybridized carbons (Fsp3) is 0.300. The van der Waals surface area contributed by atoms with Gasteiger partial charge in [-0.3, -0.25) is 0 Å². The highest BCUT2D eigenvalue weighted by atomic mass is 35.5. The number of aromatic nitrogens is 1. The summed E-state index contributed by atoms with van der Waals surface area (Å²) in [4.78, 5) is 15.4. The number of nitrogens with zero attached hydrogens (tertiary/aromatic N) is 1. The van der Waals surface area contributed by atoms with Crippen molar-refractivity contribution in [2.45, 2.75) is 25.1 Å². The molecule has 0 radical (unpaired) electrons. The monoisotopic (exact) mass is 443 g/mol. The minimum absolute atomic E-state index is 0.0239. The van der Waals surface area contributed by atoms with E-state index in [0.717, 1.165) is 18.9 Å². The van der Waals surface area contributed by atoms with Crippen LogP contribution in [0.4, 0.5) is 13.2 Å². The second kappa shape index (κ2) is 9.36. The number of carbonyl (C=O) groups is 1. The molecule has 0 amide bonds. The first-order chi connectivity index (χ1) is 14.3. The molecule has 1 unspecified atom stereocenters. The normalized spacial score (nSPS) is 16.2. The zero-order valence-corrected chi connectivity index (χ0v) is 16.3. The number of benzene rings is 1. The van der Waals surface area contributed by atoms with Crippen LogP contribution in [0.15, 0.2) is 43.1 Å². The van der Waals surface area contributed by atoms with E-state index in [1.807, 2.05) is 0 Å². The lowest BCUT2D eigenvalue weighted by Gasteiger charge is -2.17. The van der Waals surface area contributed by atoms with Gasteiger partial charge in [0.2, 0.25) is 11.6 Å². The first kappa shape index (κ1) is 21.9. The van der Waals surface area contributed by atoms with Crippen molar-refractivity contribution in [1.82, 2.24) is 4.98 Å². The highest BCUT2D eigenvalue weighted by Gasteiger charge is 2.32. The van der Waals surface area contributed by atoms with Crippen molar-refractivity contribution in [3.8, 4) is 23.1 Å². The lowest BCUT2D eigenvalue weighted by Crippen LogP contribution is -2.17. The van der Waals surface area contributed by atoms with Crippen molar-refractivity contribution in [2.24, 2.45) is 0 Å². The Hall–Kier alpha value is -2.78. The Morgan fingerprint density at radius 2 is 2.13 bits per heavy atom. The Kier molecular flexibility index (Phi) is 6.84. The van der Waals surface area contributed by atoms with Crippen LogP contribution in [0.3, 0.4) is 0 Å². The fourth-order valence-electron chi connectivity index (χ4n) is 2.65. The molecule has 1 atom stereocenters. The maximum absolute atomic E-state index is 12.8. The highest BCUT2D eigenvalue weighted by Crippen LogP contribution is 2.42. The van der Waals surface area contributed by atoms with Crippen LogP contribution in [-0.4, -0.2) is 30.3 Å². The molecule has 0 spiro atoms. The first-order valence-electron chi connectivity index (χ1n) is 8.90. The number of hydrogen-bond donors (Lipinski definition) is 0. The molecule has 0 aliphatic carbocycles. The summed E-state index contributed by atoms with van der Waals surface area (Å²) in [5.41, 5.74) is -1.02. The summed E-state index contributed by atoms with van der Waals surface area (Å²) in [6, 6.07) is 5.23. The van der Waals surface area contributed by atoms with Gasteiger partial charge < -0.3 is 18.9 Å². The topological polar surface area (TPSA) is 66.9 Å². The molecule has 0 N–H and O–H groups in total. The molecule has 1 aromatic heterocycles. The second-order valence-electron chi connectivity index (χ2n) is 6.27. The van der Waals surface area contributed by atoms with E-state index < -0.39 is 17.7 Å². The Balaban J connectivity index is 1.88. The van der Waals surface area contributed by atoms with Crippen molar-refractivity contribution in [2.75, 3.05) is 13.2 Å². The van der Waals surface area contributed by atoms with Crippen LogP contribution in [-0.2, 0) is 15.7 Å². The average molecular weight is 444 g/mol. The maximum Gasteiger partial charge on any atom is 0.417 e. The SMILES string of the molecule is C=CC(=O)Oc1c(OCC2CCCO2)cccc1Oc1ncc(C(F)(F)F)cc1Cl. The molecule has 6 nitrogen and oxygen atoms in total. The highest BCUT2D eigenvalue weighted by molar-refractivity contribution is 6.31. The lowest BCUT2D eigenvalue weighted by atomic mass is 10.2. The number of halogens is 4. The molecular formula is C20H17ClF3NO5. The zero-order chi connectivity index (χ0) is 21.7. The van der Waals surface area contributed by atoms with Gasteiger partial charge in [0.15, 0.2) is 11.5 Å². The molecular weight excluding hydrogens is 427 g/mol. The predicted molar refractivity (Wildman–Crippen MR) is 101 cm³/mol. The standard InChI is InChI=1S/C20H17ClF3NO5/c1-2-17(26)30-18-15(28-11-13-5-4-8-27-13)6-3-7-16(18)29-19-14(21)9-12(10-25-19)20(22,23)24/h2-3,6-7,9-10,13H,1,4-5,8,11H2. The van der Waals surface area contributed by atoms with E-state index in [4.69, 9.17) is 30.5 Å². The van der Waals surface area contributed by atoms with Gasteiger partial charge in [-0.2, -0.15) is 13.2 Å². The molecule has 2 heterocycles. The maximum atomic E-state index is 12.8. The minimum atomic E-state index is -4.60. The molecule has 1 aliphatic rings. The fourth-order valence-corrected chi connectivity index (χ4v) is 2.86. The summed E-state index contributed by atoms with van der Waals surface area (Å²) >= 11 is 5.90. The van der Waals surface area contributed by atoms with Gasteiger partial charge in [0.1, 0.15) is 11.6 Å². The number of alkyl halides is 3. The molecule has 3 rings (SSSR count). The number of para-hydroxylation sites is 1. The van der Waals surface area contributed by atoms with E-state index in [9.17, 15) is 18.0 Å². The Morgan fingerprint density at radius 3 is 2.77 bits per heavy atom. The Morgan fingerprint density at radius 1 is 1.37 bits per heavy atom. The average Bonchev–Trinajstić information content (AvgIpc) is 3.22. The van der Waals surface area contributed by atoms with Crippen LogP contribution < -0.4 is 14.2 Å². The Bertz CT molecular complexity index is 929. The van der Waals surface area contributed by atoms with E-state index in [1.165, 1.54) is 6.07 Å². The molecule has 1 aromatic carbocycles. The third-order valence-corrected chi connectivity index (χ3v) is 4.37. The lowest BCUT2D eigenvalue weighted by molar-refractivity contribution is -0.137. The summed E-state index contributed by atoms with van der Waals surface area (Å²) in [6.07, 6.45) is -1.39. The van der Waals surface area contributed by atoms with Gasteiger partial charge >= 0.3 is 12.1 Å². The van der Waals surface area contributed by atoms with Crippen molar-refractivity contribution in [1.29, 1.82) is 0 Å². The number of carbonyl (C=O) groups excluding carboxylic acids is 1.